The maximum atomic E-state index is 13.7. The molecule has 0 amide bonds. The minimum Gasteiger partial charge on any atom is -0.339 e. The maximum absolute atomic E-state index is 13.7. The first-order chi connectivity index (χ1) is 7.68. The summed E-state index contributed by atoms with van der Waals surface area (Å²) >= 11 is 1.25. The molecule has 0 fully saturated rings. The average molecular weight is 237 g/mol. The van der Waals surface area contributed by atoms with Gasteiger partial charge in [-0.15, -0.1) is 0 Å². The van der Waals surface area contributed by atoms with Crippen LogP contribution in [0.5, 0.6) is 0 Å². The van der Waals surface area contributed by atoms with E-state index >= 15 is 0 Å². The molecular weight excluding hydrogens is 225 g/mol. The van der Waals surface area contributed by atoms with E-state index in [2.05, 4.69) is 9.97 Å². The van der Waals surface area contributed by atoms with Gasteiger partial charge in [-0.1, -0.05) is 12.1 Å². The Kier molecular flexibility index (Phi) is 3.26. The van der Waals surface area contributed by atoms with E-state index in [0.29, 0.717) is 10.1 Å². The lowest BCUT2D eigenvalue weighted by atomic mass is 10.1. The number of rotatable bonds is 3. The molecule has 1 aromatic carbocycles. The third-order valence-corrected chi connectivity index (χ3v) is 3.21. The molecule has 1 aromatic heterocycles. The molecule has 3 nitrogen and oxygen atoms in total. The highest BCUT2D eigenvalue weighted by atomic mass is 32.2. The van der Waals surface area contributed by atoms with E-state index in [9.17, 15) is 4.39 Å². The number of aromatic nitrogens is 2. The van der Waals surface area contributed by atoms with Crippen LogP contribution >= 0.6 is 11.8 Å². The smallest absolute Gasteiger partial charge is 0.170 e. The Hall–Kier alpha value is -1.33. The lowest BCUT2D eigenvalue weighted by molar-refractivity contribution is 0.591. The molecular formula is C11H12FN3S. The van der Waals surface area contributed by atoms with Gasteiger partial charge in [-0.25, -0.2) is 9.37 Å². The molecule has 0 unspecified atom stereocenters. The molecule has 5 heteroatoms. The summed E-state index contributed by atoms with van der Waals surface area (Å²) < 4.78 is 13.7. The van der Waals surface area contributed by atoms with Crippen LogP contribution in [0, 0.1) is 5.82 Å². The molecule has 0 aliphatic carbocycles. The highest BCUT2D eigenvalue weighted by molar-refractivity contribution is 7.99. The Morgan fingerprint density at radius 1 is 1.50 bits per heavy atom. The van der Waals surface area contributed by atoms with Crippen molar-refractivity contribution in [2.45, 2.75) is 23.0 Å². The van der Waals surface area contributed by atoms with Gasteiger partial charge in [0.05, 0.1) is 4.90 Å². The predicted molar refractivity (Wildman–Crippen MR) is 61.7 cm³/mol. The molecule has 0 spiro atoms. The van der Waals surface area contributed by atoms with Crippen LogP contribution in [0.15, 0.2) is 40.6 Å². The van der Waals surface area contributed by atoms with Gasteiger partial charge in [0.1, 0.15) is 5.82 Å². The van der Waals surface area contributed by atoms with Gasteiger partial charge >= 0.3 is 0 Å². The molecule has 1 atom stereocenters. The number of hydrogen-bond donors (Lipinski definition) is 2. The summed E-state index contributed by atoms with van der Waals surface area (Å²) in [4.78, 5) is 7.51. The molecule has 0 bridgehead atoms. The second-order valence-corrected chi connectivity index (χ2v) is 4.44. The van der Waals surface area contributed by atoms with E-state index in [1.54, 1.807) is 18.5 Å². The van der Waals surface area contributed by atoms with Gasteiger partial charge < -0.3 is 10.7 Å². The van der Waals surface area contributed by atoms with Gasteiger partial charge in [-0.2, -0.15) is 0 Å². The molecule has 0 saturated carbocycles. The van der Waals surface area contributed by atoms with Crippen LogP contribution in [0.3, 0.4) is 0 Å². The molecule has 84 valence electrons. The Bertz CT molecular complexity index is 468. The zero-order chi connectivity index (χ0) is 11.5. The number of nitrogens with one attached hydrogen (secondary N) is 1. The Balaban J connectivity index is 2.38. The van der Waals surface area contributed by atoms with Gasteiger partial charge in [-0.05, 0) is 30.3 Å². The minimum absolute atomic E-state index is 0.201. The van der Waals surface area contributed by atoms with Crippen molar-refractivity contribution in [2.75, 3.05) is 0 Å². The molecule has 0 aliphatic heterocycles. The van der Waals surface area contributed by atoms with Crippen LogP contribution in [0.2, 0.25) is 0 Å². The Morgan fingerprint density at radius 3 is 2.94 bits per heavy atom. The number of H-pyrrole nitrogens is 1. The summed E-state index contributed by atoms with van der Waals surface area (Å²) in [5.74, 6) is -0.267. The molecule has 0 saturated heterocycles. The normalized spacial score (nSPS) is 12.7. The van der Waals surface area contributed by atoms with Gasteiger partial charge in [0.25, 0.3) is 0 Å². The third kappa shape index (κ3) is 2.25. The quantitative estimate of drug-likeness (QED) is 0.863. The van der Waals surface area contributed by atoms with Gasteiger partial charge in [0, 0.05) is 18.4 Å². The van der Waals surface area contributed by atoms with E-state index in [1.807, 2.05) is 13.0 Å². The highest BCUT2D eigenvalue weighted by Gasteiger charge is 2.13. The van der Waals surface area contributed by atoms with Crippen molar-refractivity contribution >= 4 is 11.8 Å². The average Bonchev–Trinajstić information content (AvgIpc) is 2.73. The monoisotopic (exact) mass is 237 g/mol. The number of nitrogens with zero attached hydrogens (tertiary/aromatic N) is 1. The van der Waals surface area contributed by atoms with Crippen molar-refractivity contribution in [1.82, 2.24) is 9.97 Å². The summed E-state index contributed by atoms with van der Waals surface area (Å²) in [5, 5.41) is 0.659. The van der Waals surface area contributed by atoms with E-state index in [0.717, 1.165) is 5.56 Å². The van der Waals surface area contributed by atoms with Crippen LogP contribution < -0.4 is 5.73 Å². The largest absolute Gasteiger partial charge is 0.339 e. The zero-order valence-electron chi connectivity index (χ0n) is 8.77. The number of imidazole rings is 1. The molecule has 0 radical (unpaired) electrons. The number of hydrogen-bond acceptors (Lipinski definition) is 3. The lowest BCUT2D eigenvalue weighted by Gasteiger charge is -2.11. The fourth-order valence-electron chi connectivity index (χ4n) is 1.40. The second kappa shape index (κ2) is 4.67. The van der Waals surface area contributed by atoms with Crippen LogP contribution in [-0.4, -0.2) is 9.97 Å². The van der Waals surface area contributed by atoms with Crippen LogP contribution in [0.25, 0.3) is 0 Å². The van der Waals surface area contributed by atoms with Gasteiger partial charge in [0.15, 0.2) is 5.16 Å². The van der Waals surface area contributed by atoms with E-state index in [-0.39, 0.29) is 11.9 Å². The molecule has 16 heavy (non-hydrogen) atoms. The summed E-state index contributed by atoms with van der Waals surface area (Å²) in [6.07, 6.45) is 3.34. The number of nitrogens with two attached hydrogens (primary N) is 1. The molecule has 2 rings (SSSR count). The molecule has 3 N–H and O–H groups in total. The van der Waals surface area contributed by atoms with Crippen molar-refractivity contribution in [1.29, 1.82) is 0 Å². The van der Waals surface area contributed by atoms with Gasteiger partial charge in [0.2, 0.25) is 0 Å². The highest BCUT2D eigenvalue weighted by Crippen LogP contribution is 2.32. The van der Waals surface area contributed by atoms with Crippen LogP contribution in [-0.2, 0) is 0 Å². The summed E-state index contributed by atoms with van der Waals surface area (Å²) in [5.41, 5.74) is 6.59. The summed E-state index contributed by atoms with van der Waals surface area (Å²) in [6, 6.07) is 4.73. The third-order valence-electron chi connectivity index (χ3n) is 2.16. The van der Waals surface area contributed by atoms with Crippen molar-refractivity contribution in [3.05, 3.63) is 42.0 Å². The molecule has 1 heterocycles. The van der Waals surface area contributed by atoms with Crippen molar-refractivity contribution in [3.8, 4) is 0 Å². The first-order valence-corrected chi connectivity index (χ1v) is 5.71. The summed E-state index contributed by atoms with van der Waals surface area (Å²) in [6.45, 7) is 1.83. The number of halogens is 1. The SMILES string of the molecule is C[C@H](N)c1cccc(F)c1Sc1ncc[nH]1. The fourth-order valence-corrected chi connectivity index (χ4v) is 2.37. The molecule has 0 aliphatic rings. The number of aromatic amines is 1. The topological polar surface area (TPSA) is 54.7 Å². The fraction of sp³-hybridized carbons (Fsp3) is 0.182. The van der Waals surface area contributed by atoms with Crippen LogP contribution in [0.4, 0.5) is 4.39 Å². The Labute approximate surface area is 97.3 Å². The van der Waals surface area contributed by atoms with Crippen molar-refractivity contribution < 1.29 is 4.39 Å². The van der Waals surface area contributed by atoms with E-state index < -0.39 is 0 Å². The zero-order valence-corrected chi connectivity index (χ0v) is 9.59. The first kappa shape index (κ1) is 11.2. The standard InChI is InChI=1S/C11H12FN3S/c1-7(13)8-3-2-4-9(12)10(8)16-11-14-5-6-15-11/h2-7H,13H2,1H3,(H,14,15)/t7-/m0/s1. The minimum atomic E-state index is -0.267. The van der Waals surface area contributed by atoms with Crippen molar-refractivity contribution in [3.63, 3.8) is 0 Å². The van der Waals surface area contributed by atoms with Crippen LogP contribution in [0.1, 0.15) is 18.5 Å². The van der Waals surface area contributed by atoms with E-state index in [1.165, 1.54) is 17.8 Å². The number of benzene rings is 1. The lowest BCUT2D eigenvalue weighted by Crippen LogP contribution is -2.07. The first-order valence-electron chi connectivity index (χ1n) is 4.89. The van der Waals surface area contributed by atoms with Gasteiger partial charge in [-0.3, -0.25) is 0 Å². The Morgan fingerprint density at radius 2 is 2.31 bits per heavy atom. The second-order valence-electron chi connectivity index (χ2n) is 3.44. The van der Waals surface area contributed by atoms with Crippen molar-refractivity contribution in [2.24, 2.45) is 5.73 Å². The summed E-state index contributed by atoms with van der Waals surface area (Å²) in [7, 11) is 0. The predicted octanol–water partition coefficient (Wildman–Crippen LogP) is 2.72. The maximum Gasteiger partial charge on any atom is 0.170 e. The van der Waals surface area contributed by atoms with E-state index in [4.69, 9.17) is 5.73 Å². The molecule has 2 aromatic rings.